The minimum absolute atomic E-state index is 0.0822. The molecule has 4 heteroatoms. The summed E-state index contributed by atoms with van der Waals surface area (Å²) in [6.45, 7) is 0.764. The van der Waals surface area contributed by atoms with Crippen molar-refractivity contribution in [1.82, 2.24) is 4.90 Å². The molecule has 2 rings (SSSR count). The van der Waals surface area contributed by atoms with Crippen molar-refractivity contribution in [3.05, 3.63) is 0 Å². The normalized spacial score (nSPS) is 39.1. The average molecular weight is 262 g/mol. The molecular weight excluding hydrogens is 246 g/mol. The van der Waals surface area contributed by atoms with Crippen LogP contribution in [0.25, 0.3) is 0 Å². The predicted molar refractivity (Wildman–Crippen MR) is 57.3 cm³/mol. The number of nitrogens with zero attached hydrogens (tertiary/aromatic N) is 1. The number of carbonyl (C=O) groups excluding carboxylic acids is 1. The van der Waals surface area contributed by atoms with Gasteiger partial charge < -0.3 is 10.0 Å². The third-order valence-corrected chi connectivity index (χ3v) is 3.82. The summed E-state index contributed by atoms with van der Waals surface area (Å²) in [6, 6.07) is 0.0822. The van der Waals surface area contributed by atoms with Crippen LogP contribution in [0.2, 0.25) is 0 Å². The molecule has 1 aliphatic heterocycles. The zero-order valence-corrected chi connectivity index (χ0v) is 9.74. The van der Waals surface area contributed by atoms with Gasteiger partial charge in [-0.1, -0.05) is 28.8 Å². The fraction of sp³-hybridized carbons (Fsp3) is 0.900. The van der Waals surface area contributed by atoms with Crippen LogP contribution in [-0.4, -0.2) is 39.4 Å². The fourth-order valence-electron chi connectivity index (χ4n) is 2.46. The van der Waals surface area contributed by atoms with Crippen molar-refractivity contribution in [2.75, 3.05) is 6.54 Å². The molecule has 0 aromatic carbocycles. The van der Waals surface area contributed by atoms with Crippen LogP contribution in [0.3, 0.4) is 0 Å². The van der Waals surface area contributed by atoms with E-state index in [2.05, 4.69) is 15.9 Å². The topological polar surface area (TPSA) is 40.5 Å². The van der Waals surface area contributed by atoms with Crippen LogP contribution < -0.4 is 0 Å². The van der Waals surface area contributed by atoms with E-state index >= 15 is 0 Å². The maximum Gasteiger partial charge on any atom is 0.224 e. The van der Waals surface area contributed by atoms with E-state index in [9.17, 15) is 9.90 Å². The summed E-state index contributed by atoms with van der Waals surface area (Å²) < 4.78 is 0. The molecule has 14 heavy (non-hydrogen) atoms. The minimum atomic E-state index is -0.300. The van der Waals surface area contributed by atoms with Crippen molar-refractivity contribution in [2.24, 2.45) is 0 Å². The average Bonchev–Trinajstić information content (AvgIpc) is 2.46. The summed E-state index contributed by atoms with van der Waals surface area (Å²) >= 11 is 3.46. The maximum absolute atomic E-state index is 11.6. The summed E-state index contributed by atoms with van der Waals surface area (Å²) in [5.74, 6) is 0.192. The molecule has 2 aliphatic rings. The van der Waals surface area contributed by atoms with E-state index in [1.165, 1.54) is 0 Å². The monoisotopic (exact) mass is 261 g/mol. The lowest BCUT2D eigenvalue weighted by Gasteiger charge is -2.35. The number of aliphatic hydroxyl groups excluding tert-OH is 1. The Labute approximate surface area is 92.6 Å². The van der Waals surface area contributed by atoms with Gasteiger partial charge in [0.2, 0.25) is 5.91 Å². The number of rotatable bonds is 1. The van der Waals surface area contributed by atoms with E-state index in [4.69, 9.17) is 0 Å². The Hall–Kier alpha value is -0.0900. The second-order valence-corrected chi connectivity index (χ2v) is 5.56. The Kier molecular flexibility index (Phi) is 3.12. The van der Waals surface area contributed by atoms with Crippen molar-refractivity contribution in [3.63, 3.8) is 0 Å². The number of halogens is 1. The third-order valence-electron chi connectivity index (χ3n) is 3.21. The van der Waals surface area contributed by atoms with Gasteiger partial charge in [-0.15, -0.1) is 0 Å². The molecule has 1 saturated carbocycles. The van der Waals surface area contributed by atoms with E-state index in [1.807, 2.05) is 4.90 Å². The smallest absolute Gasteiger partial charge is 0.224 e. The molecule has 1 saturated heterocycles. The second-order valence-electron chi connectivity index (χ2n) is 4.27. The lowest BCUT2D eigenvalue weighted by Crippen LogP contribution is -2.46. The van der Waals surface area contributed by atoms with Crippen LogP contribution in [-0.2, 0) is 4.79 Å². The quantitative estimate of drug-likeness (QED) is 0.723. The molecule has 80 valence electrons. The van der Waals surface area contributed by atoms with Gasteiger partial charge in [-0.2, -0.15) is 0 Å². The van der Waals surface area contributed by atoms with E-state index < -0.39 is 0 Å². The Bertz CT molecular complexity index is 234. The predicted octanol–water partition coefficient (Wildman–Crippen LogP) is 1.29. The summed E-state index contributed by atoms with van der Waals surface area (Å²) in [4.78, 5) is 13.8. The first-order valence-electron chi connectivity index (χ1n) is 5.30. The highest BCUT2D eigenvalue weighted by Crippen LogP contribution is 2.28. The molecular formula is C10H16BrNO2. The van der Waals surface area contributed by atoms with Crippen molar-refractivity contribution in [3.8, 4) is 0 Å². The van der Waals surface area contributed by atoms with E-state index in [-0.39, 0.29) is 22.9 Å². The summed E-state index contributed by atoms with van der Waals surface area (Å²) in [5, 5.41) is 9.82. The van der Waals surface area contributed by atoms with Gasteiger partial charge in [-0.3, -0.25) is 4.79 Å². The highest BCUT2D eigenvalue weighted by atomic mass is 79.9. The number of alkyl halides is 1. The van der Waals surface area contributed by atoms with Crippen LogP contribution in [0.4, 0.5) is 0 Å². The fourth-order valence-corrected chi connectivity index (χ4v) is 3.05. The molecule has 3 nitrogen and oxygen atoms in total. The molecule has 1 aliphatic carbocycles. The maximum atomic E-state index is 11.6. The van der Waals surface area contributed by atoms with Crippen LogP contribution in [0, 0.1) is 0 Å². The molecule has 0 aromatic rings. The summed E-state index contributed by atoms with van der Waals surface area (Å²) in [7, 11) is 0. The SMILES string of the molecule is O=C1CC(Br)CN1C1CCCCC1O. The van der Waals surface area contributed by atoms with Gasteiger partial charge in [0.05, 0.1) is 12.1 Å². The Morgan fingerprint density at radius 3 is 2.64 bits per heavy atom. The lowest BCUT2D eigenvalue weighted by atomic mass is 9.91. The first kappa shape index (κ1) is 10.4. The van der Waals surface area contributed by atoms with Crippen molar-refractivity contribution < 1.29 is 9.90 Å². The Morgan fingerprint density at radius 1 is 1.36 bits per heavy atom. The molecule has 1 heterocycles. The highest BCUT2D eigenvalue weighted by Gasteiger charge is 2.37. The minimum Gasteiger partial charge on any atom is -0.391 e. The number of amides is 1. The number of likely N-dealkylation sites (tertiary alicyclic amines) is 1. The molecule has 2 fully saturated rings. The standard InChI is InChI=1S/C10H16BrNO2/c11-7-5-10(14)12(6-7)8-3-1-2-4-9(8)13/h7-9,13H,1-6H2. The van der Waals surface area contributed by atoms with Crippen LogP contribution in [0.1, 0.15) is 32.1 Å². The van der Waals surface area contributed by atoms with Crippen molar-refractivity contribution in [2.45, 2.75) is 49.1 Å². The Morgan fingerprint density at radius 2 is 2.07 bits per heavy atom. The van der Waals surface area contributed by atoms with Gasteiger partial charge in [0.15, 0.2) is 0 Å². The molecule has 1 amide bonds. The largest absolute Gasteiger partial charge is 0.391 e. The lowest BCUT2D eigenvalue weighted by molar-refractivity contribution is -0.132. The zero-order valence-electron chi connectivity index (χ0n) is 8.16. The van der Waals surface area contributed by atoms with Gasteiger partial charge in [-0.25, -0.2) is 0 Å². The van der Waals surface area contributed by atoms with Gasteiger partial charge in [0, 0.05) is 17.8 Å². The first-order valence-corrected chi connectivity index (χ1v) is 6.21. The van der Waals surface area contributed by atoms with Crippen LogP contribution in [0.5, 0.6) is 0 Å². The summed E-state index contributed by atoms with van der Waals surface area (Å²) in [5.41, 5.74) is 0. The molecule has 0 spiro atoms. The summed E-state index contributed by atoms with van der Waals surface area (Å²) in [6.07, 6.45) is 4.33. The molecule has 1 N–H and O–H groups in total. The molecule has 0 radical (unpaired) electrons. The van der Waals surface area contributed by atoms with Gasteiger partial charge in [-0.05, 0) is 12.8 Å². The molecule has 3 unspecified atom stereocenters. The van der Waals surface area contributed by atoms with Gasteiger partial charge in [0.1, 0.15) is 0 Å². The highest BCUT2D eigenvalue weighted by molar-refractivity contribution is 9.09. The van der Waals surface area contributed by atoms with E-state index in [1.54, 1.807) is 0 Å². The van der Waals surface area contributed by atoms with Gasteiger partial charge >= 0.3 is 0 Å². The van der Waals surface area contributed by atoms with Crippen molar-refractivity contribution >= 4 is 21.8 Å². The van der Waals surface area contributed by atoms with E-state index in [0.717, 1.165) is 32.2 Å². The van der Waals surface area contributed by atoms with Crippen LogP contribution >= 0.6 is 15.9 Å². The van der Waals surface area contributed by atoms with Crippen molar-refractivity contribution in [1.29, 1.82) is 0 Å². The number of aliphatic hydroxyl groups is 1. The molecule has 3 atom stereocenters. The first-order chi connectivity index (χ1) is 6.68. The zero-order chi connectivity index (χ0) is 10.1. The van der Waals surface area contributed by atoms with E-state index in [0.29, 0.717) is 6.42 Å². The Balaban J connectivity index is 2.02. The number of hydrogen-bond donors (Lipinski definition) is 1. The number of carbonyl (C=O) groups is 1. The third kappa shape index (κ3) is 1.96. The molecule has 0 bridgehead atoms. The number of hydrogen-bond acceptors (Lipinski definition) is 2. The van der Waals surface area contributed by atoms with Crippen LogP contribution in [0.15, 0.2) is 0 Å². The molecule has 0 aromatic heterocycles. The van der Waals surface area contributed by atoms with Gasteiger partial charge in [0.25, 0.3) is 0 Å². The second kappa shape index (κ2) is 4.19.